The zero-order chi connectivity index (χ0) is 20.4. The molecule has 0 unspecified atom stereocenters. The van der Waals surface area contributed by atoms with Crippen molar-refractivity contribution in [3.05, 3.63) is 53.6 Å². The van der Waals surface area contributed by atoms with Crippen LogP contribution in [0.2, 0.25) is 0 Å². The zero-order valence-corrected chi connectivity index (χ0v) is 15.8. The third-order valence-corrected chi connectivity index (χ3v) is 4.83. The topological polar surface area (TPSA) is 118 Å². The number of hydrogen-bond acceptors (Lipinski definition) is 6. The first-order valence-electron chi connectivity index (χ1n) is 9.09. The lowest BCUT2D eigenvalue weighted by atomic mass is 10.1. The lowest BCUT2D eigenvalue weighted by Crippen LogP contribution is -2.32. The van der Waals surface area contributed by atoms with Gasteiger partial charge >= 0.3 is 6.03 Å². The molecular weight excluding hydrogens is 374 g/mol. The van der Waals surface area contributed by atoms with E-state index in [1.807, 2.05) is 28.8 Å². The summed E-state index contributed by atoms with van der Waals surface area (Å²) in [5, 5.41) is 20.3. The molecule has 0 bridgehead atoms. The molecule has 148 valence electrons. The van der Waals surface area contributed by atoms with Gasteiger partial charge in [-0.1, -0.05) is 11.3 Å². The van der Waals surface area contributed by atoms with Crippen molar-refractivity contribution in [2.75, 3.05) is 13.7 Å². The minimum atomic E-state index is -0.711. The molecule has 1 N–H and O–H groups in total. The maximum Gasteiger partial charge on any atom is 0.325 e. The van der Waals surface area contributed by atoms with E-state index in [1.54, 1.807) is 24.2 Å². The van der Waals surface area contributed by atoms with Crippen LogP contribution in [0.15, 0.2) is 36.8 Å². The molecule has 1 aliphatic rings. The predicted molar refractivity (Wildman–Crippen MR) is 101 cm³/mol. The third-order valence-electron chi connectivity index (χ3n) is 4.83. The molecule has 0 spiro atoms. The summed E-state index contributed by atoms with van der Waals surface area (Å²) in [6.45, 7) is 1.09. The Labute approximate surface area is 166 Å². The van der Waals surface area contributed by atoms with Crippen molar-refractivity contribution >= 4 is 17.5 Å². The minimum Gasteiger partial charge on any atom is -0.383 e. The summed E-state index contributed by atoms with van der Waals surface area (Å²) in [4.78, 5) is 26.3. The smallest absolute Gasteiger partial charge is 0.325 e. The maximum atomic E-state index is 12.8. The Bertz CT molecular complexity index is 1110. The summed E-state index contributed by atoms with van der Waals surface area (Å²) >= 11 is 0. The highest BCUT2D eigenvalue weighted by molar-refractivity contribution is 6.04. The van der Waals surface area contributed by atoms with E-state index in [0.29, 0.717) is 30.0 Å². The molecule has 10 heteroatoms. The molecule has 3 aromatic rings. The van der Waals surface area contributed by atoms with Crippen LogP contribution in [0.3, 0.4) is 0 Å². The zero-order valence-electron chi connectivity index (χ0n) is 15.8. The fourth-order valence-electron chi connectivity index (χ4n) is 3.40. The van der Waals surface area contributed by atoms with Gasteiger partial charge in [0.15, 0.2) is 0 Å². The van der Waals surface area contributed by atoms with Gasteiger partial charge < -0.3 is 14.5 Å². The van der Waals surface area contributed by atoms with Crippen LogP contribution in [0.4, 0.5) is 4.79 Å². The minimum absolute atomic E-state index is 0.0340. The molecule has 4 rings (SSSR count). The summed E-state index contributed by atoms with van der Waals surface area (Å²) in [6, 6.07) is 6.49. The van der Waals surface area contributed by atoms with Crippen molar-refractivity contribution in [3.63, 3.8) is 0 Å². The summed E-state index contributed by atoms with van der Waals surface area (Å²) in [7, 11) is 1.60. The Morgan fingerprint density at radius 1 is 1.31 bits per heavy atom. The van der Waals surface area contributed by atoms with Crippen molar-refractivity contribution < 1.29 is 14.3 Å². The van der Waals surface area contributed by atoms with E-state index in [1.165, 1.54) is 0 Å². The summed E-state index contributed by atoms with van der Waals surface area (Å²) < 4.78 is 8.44. The predicted octanol–water partition coefficient (Wildman–Crippen LogP) is 0.712. The number of hydrogen-bond donors (Lipinski definition) is 1. The van der Waals surface area contributed by atoms with Crippen LogP contribution in [0.25, 0.3) is 5.52 Å². The average molecular weight is 393 g/mol. The Morgan fingerprint density at radius 2 is 2.17 bits per heavy atom. The van der Waals surface area contributed by atoms with Crippen LogP contribution in [-0.4, -0.2) is 56.0 Å². The van der Waals surface area contributed by atoms with E-state index in [-0.39, 0.29) is 18.9 Å². The molecule has 3 aromatic heterocycles. The second kappa shape index (κ2) is 7.73. The van der Waals surface area contributed by atoms with Gasteiger partial charge in [-0.05, 0) is 12.1 Å². The van der Waals surface area contributed by atoms with Crippen LogP contribution in [0.1, 0.15) is 16.8 Å². The van der Waals surface area contributed by atoms with Gasteiger partial charge in [-0.2, -0.15) is 5.26 Å². The molecule has 0 saturated carbocycles. The van der Waals surface area contributed by atoms with Gasteiger partial charge in [0.2, 0.25) is 0 Å². The number of rotatable bonds is 7. The molecule has 0 aliphatic carbocycles. The molecule has 1 saturated heterocycles. The summed E-state index contributed by atoms with van der Waals surface area (Å²) in [6.07, 6.45) is 5.57. The van der Waals surface area contributed by atoms with Gasteiger partial charge in [0, 0.05) is 37.7 Å². The highest BCUT2D eigenvalue weighted by atomic mass is 16.5. The highest BCUT2D eigenvalue weighted by Crippen LogP contribution is 2.21. The number of ether oxygens (including phenoxy) is 1. The van der Waals surface area contributed by atoms with Gasteiger partial charge in [-0.25, -0.2) is 9.48 Å². The van der Waals surface area contributed by atoms with Gasteiger partial charge in [0.1, 0.15) is 12.1 Å². The van der Waals surface area contributed by atoms with Crippen molar-refractivity contribution in [1.82, 2.24) is 29.6 Å². The Kier molecular flexibility index (Phi) is 4.97. The molecule has 0 radical (unpaired) electrons. The lowest BCUT2D eigenvalue weighted by molar-refractivity contribution is -0.127. The van der Waals surface area contributed by atoms with Crippen LogP contribution in [0.5, 0.6) is 0 Å². The highest BCUT2D eigenvalue weighted by Gasteiger charge is 2.38. The number of pyridine rings is 1. The quantitative estimate of drug-likeness (QED) is 0.591. The standard InChI is InChI=1S/C19H19N7O3/c1-29-7-6-25-12-14(22-23-25)8-16-18(27)26(19(28)21-16)11-13-10-24-5-3-2-4-17(24)15(13)9-20/h2-5,10,12,16H,6-8,11H2,1H3,(H,21,28)/t16-/m1/s1. The molecule has 29 heavy (non-hydrogen) atoms. The van der Waals surface area contributed by atoms with E-state index in [4.69, 9.17) is 4.74 Å². The van der Waals surface area contributed by atoms with Gasteiger partial charge in [0.25, 0.3) is 5.91 Å². The maximum absolute atomic E-state index is 12.8. The number of methoxy groups -OCH3 is 1. The molecule has 10 nitrogen and oxygen atoms in total. The summed E-state index contributed by atoms with van der Waals surface area (Å²) in [5.41, 5.74) is 2.42. The molecule has 0 aromatic carbocycles. The fraction of sp³-hybridized carbons (Fsp3) is 0.316. The molecule has 3 amide bonds. The number of urea groups is 1. The SMILES string of the molecule is COCCn1cc(C[C@H]2NC(=O)N(Cc3cn4ccccc4c3C#N)C2=O)nn1. The van der Waals surface area contributed by atoms with Crippen LogP contribution in [-0.2, 0) is 29.0 Å². The van der Waals surface area contributed by atoms with E-state index in [2.05, 4.69) is 21.7 Å². The van der Waals surface area contributed by atoms with Crippen molar-refractivity contribution in [3.8, 4) is 6.07 Å². The normalized spacial score (nSPS) is 16.4. The molecule has 1 fully saturated rings. The number of carbonyl (C=O) groups is 2. The van der Waals surface area contributed by atoms with Gasteiger partial charge in [-0.15, -0.1) is 5.10 Å². The monoisotopic (exact) mass is 393 g/mol. The first-order chi connectivity index (χ1) is 14.1. The van der Waals surface area contributed by atoms with Crippen LogP contribution < -0.4 is 5.32 Å². The first kappa shape index (κ1) is 18.6. The van der Waals surface area contributed by atoms with Gasteiger partial charge in [0.05, 0.1) is 36.5 Å². The van der Waals surface area contributed by atoms with E-state index in [0.717, 1.165) is 10.4 Å². The van der Waals surface area contributed by atoms with Crippen LogP contribution in [0, 0.1) is 11.3 Å². The number of nitriles is 1. The van der Waals surface area contributed by atoms with Gasteiger partial charge in [-0.3, -0.25) is 9.69 Å². The number of carbonyl (C=O) groups excluding carboxylic acids is 2. The molecule has 4 heterocycles. The molecule has 1 aliphatic heterocycles. The molecular formula is C19H19N7O3. The van der Waals surface area contributed by atoms with Crippen molar-refractivity contribution in [1.29, 1.82) is 5.26 Å². The largest absolute Gasteiger partial charge is 0.383 e. The lowest BCUT2D eigenvalue weighted by Gasteiger charge is -2.12. The number of imide groups is 1. The number of nitrogens with zero attached hydrogens (tertiary/aromatic N) is 6. The summed E-state index contributed by atoms with van der Waals surface area (Å²) in [5.74, 6) is -0.347. The number of aromatic nitrogens is 4. The second-order valence-corrected chi connectivity index (χ2v) is 6.73. The molecule has 1 atom stereocenters. The van der Waals surface area contributed by atoms with Crippen molar-refractivity contribution in [2.24, 2.45) is 0 Å². The number of nitrogens with one attached hydrogen (secondary N) is 1. The van der Waals surface area contributed by atoms with E-state index < -0.39 is 12.1 Å². The average Bonchev–Trinajstić information content (AvgIpc) is 3.39. The number of fused-ring (bicyclic) bond motifs is 1. The fourth-order valence-corrected chi connectivity index (χ4v) is 3.40. The van der Waals surface area contributed by atoms with E-state index in [9.17, 15) is 14.9 Å². The Balaban J connectivity index is 1.49. The Morgan fingerprint density at radius 3 is 2.97 bits per heavy atom. The van der Waals surface area contributed by atoms with Crippen molar-refractivity contribution in [2.45, 2.75) is 25.6 Å². The van der Waals surface area contributed by atoms with E-state index >= 15 is 0 Å². The first-order valence-corrected chi connectivity index (χ1v) is 9.09. The number of amides is 3. The Hall–Kier alpha value is -3.71. The second-order valence-electron chi connectivity index (χ2n) is 6.73. The van der Waals surface area contributed by atoms with Crippen LogP contribution >= 0.6 is 0 Å². The third kappa shape index (κ3) is 3.55.